The van der Waals surface area contributed by atoms with Gasteiger partial charge in [-0.2, -0.15) is 0 Å². The average molecular weight is 449 g/mol. The molecule has 2 N–H and O–H groups in total. The molecule has 0 atom stereocenters. The number of aliphatic imine (C=N–C) groups is 1. The molecule has 0 saturated heterocycles. The fourth-order valence-electron chi connectivity index (χ4n) is 2.00. The zero-order chi connectivity index (χ0) is 16.8. The number of ether oxygens (including phenoxy) is 2. The third-order valence-electron chi connectivity index (χ3n) is 3.22. The summed E-state index contributed by atoms with van der Waals surface area (Å²) in [5.74, 6) is 0.849. The summed E-state index contributed by atoms with van der Waals surface area (Å²) in [7, 11) is 0. The van der Waals surface area contributed by atoms with Crippen LogP contribution in [0.3, 0.4) is 0 Å². The second kappa shape index (κ2) is 15.7. The van der Waals surface area contributed by atoms with E-state index in [1.165, 1.54) is 11.1 Å². The Morgan fingerprint density at radius 3 is 2.25 bits per heavy atom. The Labute approximate surface area is 163 Å². The number of hydrogen-bond acceptors (Lipinski definition) is 3. The van der Waals surface area contributed by atoms with Crippen molar-refractivity contribution in [2.24, 2.45) is 4.99 Å². The summed E-state index contributed by atoms with van der Waals surface area (Å²) < 4.78 is 10.7. The minimum atomic E-state index is 0. The summed E-state index contributed by atoms with van der Waals surface area (Å²) in [6.07, 6.45) is 0.977. The fraction of sp³-hybridized carbons (Fsp3) is 0.611. The average Bonchev–Trinajstić information content (AvgIpc) is 2.58. The number of rotatable bonds is 11. The van der Waals surface area contributed by atoms with E-state index in [1.807, 2.05) is 13.8 Å². The molecule has 0 heterocycles. The summed E-state index contributed by atoms with van der Waals surface area (Å²) in [5, 5.41) is 6.59. The number of halogens is 1. The molecule has 0 amide bonds. The van der Waals surface area contributed by atoms with Gasteiger partial charge < -0.3 is 20.1 Å². The third-order valence-corrected chi connectivity index (χ3v) is 3.22. The van der Waals surface area contributed by atoms with E-state index in [4.69, 9.17) is 9.47 Å². The van der Waals surface area contributed by atoms with E-state index in [0.29, 0.717) is 13.2 Å². The molecule has 5 nitrogen and oxygen atoms in total. The van der Waals surface area contributed by atoms with Crippen LogP contribution in [0.15, 0.2) is 29.3 Å². The molecule has 0 aromatic heterocycles. The number of nitrogens with one attached hydrogen (secondary N) is 2. The summed E-state index contributed by atoms with van der Waals surface area (Å²) in [4.78, 5) is 4.62. The Hall–Kier alpha value is -0.860. The van der Waals surface area contributed by atoms with Gasteiger partial charge in [-0.25, -0.2) is 4.99 Å². The maximum Gasteiger partial charge on any atom is 0.191 e. The highest BCUT2D eigenvalue weighted by Gasteiger charge is 1.98. The topological polar surface area (TPSA) is 54.9 Å². The van der Waals surface area contributed by atoms with Gasteiger partial charge in [0.15, 0.2) is 5.96 Å². The highest BCUT2D eigenvalue weighted by molar-refractivity contribution is 14.0. The van der Waals surface area contributed by atoms with E-state index in [2.05, 4.69) is 46.8 Å². The van der Waals surface area contributed by atoms with Crippen molar-refractivity contribution in [3.63, 3.8) is 0 Å². The minimum Gasteiger partial charge on any atom is -0.382 e. The Morgan fingerprint density at radius 1 is 0.958 bits per heavy atom. The first-order chi connectivity index (χ1) is 11.3. The van der Waals surface area contributed by atoms with E-state index in [-0.39, 0.29) is 24.0 Å². The van der Waals surface area contributed by atoms with Gasteiger partial charge in [-0.05, 0) is 38.3 Å². The van der Waals surface area contributed by atoms with Crippen molar-refractivity contribution >= 4 is 29.9 Å². The molecule has 0 saturated carbocycles. The predicted octanol–water partition coefficient (Wildman–Crippen LogP) is 3.32. The maximum atomic E-state index is 5.40. The van der Waals surface area contributed by atoms with Crippen LogP contribution in [0.1, 0.15) is 38.3 Å². The van der Waals surface area contributed by atoms with Crippen molar-refractivity contribution in [3.8, 4) is 0 Å². The molecule has 1 aromatic rings. The monoisotopic (exact) mass is 449 g/mol. The number of benzene rings is 1. The van der Waals surface area contributed by atoms with Crippen LogP contribution in [0.4, 0.5) is 0 Å². The standard InChI is InChI=1S/C18H31N3O2.HI/c1-4-19-18(20-12-7-13-22-5-2)21-14-16-8-10-17(11-9-16)15-23-6-3;/h8-11H,4-7,12-15H2,1-3H3,(H2,19,20,21);1H. The quantitative estimate of drug-likeness (QED) is 0.236. The molecule has 0 spiro atoms. The van der Waals surface area contributed by atoms with Crippen molar-refractivity contribution in [2.75, 3.05) is 32.9 Å². The predicted molar refractivity (Wildman–Crippen MR) is 111 cm³/mol. The van der Waals surface area contributed by atoms with Crippen molar-refractivity contribution in [1.82, 2.24) is 10.6 Å². The molecule has 0 aliphatic rings. The number of nitrogens with zero attached hydrogens (tertiary/aromatic N) is 1. The molecular weight excluding hydrogens is 417 g/mol. The molecule has 1 rings (SSSR count). The van der Waals surface area contributed by atoms with Crippen molar-refractivity contribution in [2.45, 2.75) is 40.3 Å². The Balaban J connectivity index is 0.00000529. The lowest BCUT2D eigenvalue weighted by Crippen LogP contribution is -2.38. The first kappa shape index (κ1) is 23.1. The molecule has 0 fully saturated rings. The van der Waals surface area contributed by atoms with Gasteiger partial charge in [-0.15, -0.1) is 24.0 Å². The van der Waals surface area contributed by atoms with Gasteiger partial charge in [0.25, 0.3) is 0 Å². The molecule has 0 aliphatic carbocycles. The van der Waals surface area contributed by atoms with Crippen LogP contribution >= 0.6 is 24.0 Å². The van der Waals surface area contributed by atoms with Gasteiger partial charge in [0.2, 0.25) is 0 Å². The van der Waals surface area contributed by atoms with Gasteiger partial charge >= 0.3 is 0 Å². The second-order valence-corrected chi connectivity index (χ2v) is 5.13. The summed E-state index contributed by atoms with van der Waals surface area (Å²) in [6.45, 7) is 11.4. The molecule has 0 bridgehead atoms. The normalized spacial score (nSPS) is 11.0. The highest BCUT2D eigenvalue weighted by Crippen LogP contribution is 2.07. The summed E-state index contributed by atoms with van der Waals surface area (Å²) in [6, 6.07) is 8.42. The molecule has 0 unspecified atom stereocenters. The smallest absolute Gasteiger partial charge is 0.191 e. The second-order valence-electron chi connectivity index (χ2n) is 5.13. The first-order valence-corrected chi connectivity index (χ1v) is 8.55. The molecule has 1 aromatic carbocycles. The van der Waals surface area contributed by atoms with E-state index in [0.717, 1.165) is 45.3 Å². The molecule has 138 valence electrons. The number of guanidine groups is 1. The van der Waals surface area contributed by atoms with Crippen LogP contribution in [0.25, 0.3) is 0 Å². The van der Waals surface area contributed by atoms with Gasteiger partial charge in [-0.3, -0.25) is 0 Å². The van der Waals surface area contributed by atoms with E-state index in [9.17, 15) is 0 Å². The summed E-state index contributed by atoms with van der Waals surface area (Å²) >= 11 is 0. The SMILES string of the molecule is CCNC(=NCc1ccc(COCC)cc1)NCCCOCC.I. The van der Waals surface area contributed by atoms with E-state index >= 15 is 0 Å². The Kier molecular flexibility index (Phi) is 15.1. The highest BCUT2D eigenvalue weighted by atomic mass is 127. The summed E-state index contributed by atoms with van der Waals surface area (Å²) in [5.41, 5.74) is 2.39. The largest absolute Gasteiger partial charge is 0.382 e. The Morgan fingerprint density at radius 2 is 1.62 bits per heavy atom. The zero-order valence-electron chi connectivity index (χ0n) is 15.1. The lowest BCUT2D eigenvalue weighted by atomic mass is 10.1. The van der Waals surface area contributed by atoms with Crippen LogP contribution in [-0.2, 0) is 22.6 Å². The van der Waals surface area contributed by atoms with E-state index in [1.54, 1.807) is 0 Å². The van der Waals surface area contributed by atoms with Gasteiger partial charge in [0.05, 0.1) is 13.2 Å². The van der Waals surface area contributed by atoms with Crippen molar-refractivity contribution in [1.29, 1.82) is 0 Å². The zero-order valence-corrected chi connectivity index (χ0v) is 17.5. The minimum absolute atomic E-state index is 0. The maximum absolute atomic E-state index is 5.40. The lowest BCUT2D eigenvalue weighted by Gasteiger charge is -2.11. The molecule has 0 aliphatic heterocycles. The molecular formula is C18H32IN3O2. The van der Waals surface area contributed by atoms with Crippen LogP contribution in [-0.4, -0.2) is 38.9 Å². The van der Waals surface area contributed by atoms with Crippen LogP contribution < -0.4 is 10.6 Å². The van der Waals surface area contributed by atoms with Crippen molar-refractivity contribution < 1.29 is 9.47 Å². The lowest BCUT2D eigenvalue weighted by molar-refractivity contribution is 0.134. The van der Waals surface area contributed by atoms with Gasteiger partial charge in [0, 0.05) is 32.9 Å². The van der Waals surface area contributed by atoms with E-state index < -0.39 is 0 Å². The van der Waals surface area contributed by atoms with Gasteiger partial charge in [0.1, 0.15) is 0 Å². The molecule has 6 heteroatoms. The third kappa shape index (κ3) is 10.8. The van der Waals surface area contributed by atoms with Crippen LogP contribution in [0, 0.1) is 0 Å². The Bertz CT molecular complexity index is 438. The van der Waals surface area contributed by atoms with Crippen LogP contribution in [0.2, 0.25) is 0 Å². The number of hydrogen-bond donors (Lipinski definition) is 2. The van der Waals surface area contributed by atoms with Crippen LogP contribution in [0.5, 0.6) is 0 Å². The molecule has 24 heavy (non-hydrogen) atoms. The fourth-order valence-corrected chi connectivity index (χ4v) is 2.00. The first-order valence-electron chi connectivity index (χ1n) is 8.55. The molecule has 0 radical (unpaired) electrons. The van der Waals surface area contributed by atoms with Gasteiger partial charge in [-0.1, -0.05) is 24.3 Å². The van der Waals surface area contributed by atoms with Crippen molar-refractivity contribution in [3.05, 3.63) is 35.4 Å².